The van der Waals surface area contributed by atoms with Crippen LogP contribution in [0.3, 0.4) is 0 Å². The van der Waals surface area contributed by atoms with Gasteiger partial charge in [0.15, 0.2) is 5.76 Å². The average molecular weight is 210 g/mol. The second-order valence-electron chi connectivity index (χ2n) is 2.79. The lowest BCUT2D eigenvalue weighted by molar-refractivity contribution is 0.241. The molecule has 1 N–H and O–H groups in total. The Labute approximate surface area is 86.0 Å². The molecule has 1 heterocycles. The second-order valence-corrected chi connectivity index (χ2v) is 3.22. The molecule has 14 heavy (non-hydrogen) atoms. The summed E-state index contributed by atoms with van der Waals surface area (Å²) in [5.41, 5.74) is 0.852. The Morgan fingerprint density at radius 1 is 1.43 bits per heavy atom. The van der Waals surface area contributed by atoms with Gasteiger partial charge < -0.3 is 9.52 Å². The third kappa shape index (κ3) is 1.78. The van der Waals surface area contributed by atoms with Crippen LogP contribution in [0.1, 0.15) is 5.89 Å². The molecule has 0 atom stereocenters. The summed E-state index contributed by atoms with van der Waals surface area (Å²) in [7, 11) is 0. The quantitative estimate of drug-likeness (QED) is 0.827. The smallest absolute Gasteiger partial charge is 0.220 e. The highest BCUT2D eigenvalue weighted by Crippen LogP contribution is 2.23. The number of aliphatic hydroxyl groups is 1. The van der Waals surface area contributed by atoms with Crippen molar-refractivity contribution in [1.29, 1.82) is 0 Å². The summed E-state index contributed by atoms with van der Waals surface area (Å²) in [6, 6.07) is 7.27. The highest BCUT2D eigenvalue weighted by molar-refractivity contribution is 6.30. The summed E-state index contributed by atoms with van der Waals surface area (Å²) in [6.45, 7) is -0.194. The fraction of sp³-hybridized carbons (Fsp3) is 0.100. The molecule has 2 aromatic rings. The number of benzene rings is 1. The van der Waals surface area contributed by atoms with Crippen LogP contribution < -0.4 is 0 Å². The molecule has 0 amide bonds. The van der Waals surface area contributed by atoms with Gasteiger partial charge in [0, 0.05) is 10.6 Å². The number of aliphatic hydroxyl groups excluding tert-OH is 1. The predicted molar refractivity (Wildman–Crippen MR) is 52.9 cm³/mol. The Bertz CT molecular complexity index is 439. The minimum atomic E-state index is -0.194. The molecule has 72 valence electrons. The summed E-state index contributed by atoms with van der Waals surface area (Å²) >= 11 is 5.82. The minimum Gasteiger partial charge on any atom is -0.438 e. The van der Waals surface area contributed by atoms with E-state index in [9.17, 15) is 0 Å². The Hall–Kier alpha value is -1.32. The van der Waals surface area contributed by atoms with Crippen molar-refractivity contribution in [3.05, 3.63) is 41.4 Å². The van der Waals surface area contributed by atoms with E-state index in [0.717, 1.165) is 5.56 Å². The fourth-order valence-corrected chi connectivity index (χ4v) is 1.35. The van der Waals surface area contributed by atoms with Gasteiger partial charge in [0.05, 0.1) is 6.20 Å². The lowest BCUT2D eigenvalue weighted by Gasteiger charge is -1.95. The summed E-state index contributed by atoms with van der Waals surface area (Å²) in [6.07, 6.45) is 1.57. The van der Waals surface area contributed by atoms with Gasteiger partial charge in [-0.3, -0.25) is 0 Å². The van der Waals surface area contributed by atoms with Gasteiger partial charge in [0.1, 0.15) is 6.61 Å². The van der Waals surface area contributed by atoms with Gasteiger partial charge >= 0.3 is 0 Å². The zero-order valence-electron chi connectivity index (χ0n) is 7.27. The SMILES string of the molecule is OCc1ncc(-c2cccc(Cl)c2)o1. The van der Waals surface area contributed by atoms with E-state index in [1.54, 1.807) is 18.3 Å². The van der Waals surface area contributed by atoms with Gasteiger partial charge in [-0.1, -0.05) is 23.7 Å². The molecule has 3 nitrogen and oxygen atoms in total. The molecule has 2 rings (SSSR count). The van der Waals surface area contributed by atoms with Crippen molar-refractivity contribution in [2.45, 2.75) is 6.61 Å². The van der Waals surface area contributed by atoms with Crippen LogP contribution in [0.25, 0.3) is 11.3 Å². The van der Waals surface area contributed by atoms with E-state index < -0.39 is 0 Å². The van der Waals surface area contributed by atoms with Crippen molar-refractivity contribution < 1.29 is 9.52 Å². The molecular weight excluding hydrogens is 202 g/mol. The average Bonchev–Trinajstić information content (AvgIpc) is 2.66. The van der Waals surface area contributed by atoms with Crippen LogP contribution in [-0.4, -0.2) is 10.1 Å². The molecule has 0 spiro atoms. The lowest BCUT2D eigenvalue weighted by Crippen LogP contribution is -1.78. The van der Waals surface area contributed by atoms with Crippen molar-refractivity contribution in [2.24, 2.45) is 0 Å². The van der Waals surface area contributed by atoms with E-state index in [-0.39, 0.29) is 6.61 Å². The van der Waals surface area contributed by atoms with Gasteiger partial charge in [-0.05, 0) is 12.1 Å². The van der Waals surface area contributed by atoms with Crippen molar-refractivity contribution in [1.82, 2.24) is 4.98 Å². The van der Waals surface area contributed by atoms with Crippen LogP contribution in [0.2, 0.25) is 5.02 Å². The number of aromatic nitrogens is 1. The molecule has 0 saturated carbocycles. The Kier molecular flexibility index (Phi) is 2.52. The van der Waals surface area contributed by atoms with Crippen molar-refractivity contribution in [2.75, 3.05) is 0 Å². The topological polar surface area (TPSA) is 46.3 Å². The summed E-state index contributed by atoms with van der Waals surface area (Å²) < 4.78 is 5.25. The Morgan fingerprint density at radius 2 is 2.29 bits per heavy atom. The summed E-state index contributed by atoms with van der Waals surface area (Å²) in [5.74, 6) is 0.913. The molecule has 0 fully saturated rings. The molecule has 0 aliphatic rings. The van der Waals surface area contributed by atoms with E-state index in [1.165, 1.54) is 0 Å². The highest BCUT2D eigenvalue weighted by atomic mass is 35.5. The largest absolute Gasteiger partial charge is 0.438 e. The van der Waals surface area contributed by atoms with Gasteiger partial charge in [0.2, 0.25) is 5.89 Å². The molecule has 0 aliphatic heterocycles. The number of rotatable bonds is 2. The van der Waals surface area contributed by atoms with E-state index >= 15 is 0 Å². The number of hydrogen-bond donors (Lipinski definition) is 1. The first kappa shape index (κ1) is 9.24. The molecule has 1 aromatic carbocycles. The molecule has 0 saturated heterocycles. The lowest BCUT2D eigenvalue weighted by atomic mass is 10.2. The van der Waals surface area contributed by atoms with Crippen LogP contribution >= 0.6 is 11.6 Å². The molecule has 0 unspecified atom stereocenters. The number of hydrogen-bond acceptors (Lipinski definition) is 3. The third-order valence-electron chi connectivity index (χ3n) is 1.80. The molecule has 0 aliphatic carbocycles. The molecule has 1 aromatic heterocycles. The van der Waals surface area contributed by atoms with Gasteiger partial charge in [0.25, 0.3) is 0 Å². The predicted octanol–water partition coefficient (Wildman–Crippen LogP) is 2.49. The number of halogens is 1. The first-order chi connectivity index (χ1) is 6.79. The summed E-state index contributed by atoms with van der Waals surface area (Å²) in [5, 5.41) is 9.41. The van der Waals surface area contributed by atoms with Crippen LogP contribution in [0, 0.1) is 0 Å². The highest BCUT2D eigenvalue weighted by Gasteiger charge is 2.05. The van der Waals surface area contributed by atoms with E-state index in [1.807, 2.05) is 12.1 Å². The number of nitrogens with zero attached hydrogens (tertiary/aromatic N) is 1. The molecule has 4 heteroatoms. The molecular formula is C10H8ClNO2. The maximum absolute atomic E-state index is 8.77. The second kappa shape index (κ2) is 3.82. The van der Waals surface area contributed by atoms with Crippen LogP contribution in [-0.2, 0) is 6.61 Å². The van der Waals surface area contributed by atoms with Crippen LogP contribution in [0.5, 0.6) is 0 Å². The van der Waals surface area contributed by atoms with Crippen molar-refractivity contribution in [3.63, 3.8) is 0 Å². The zero-order valence-corrected chi connectivity index (χ0v) is 8.03. The van der Waals surface area contributed by atoms with Crippen LogP contribution in [0.15, 0.2) is 34.9 Å². The standard InChI is InChI=1S/C10H8ClNO2/c11-8-3-1-2-7(4-8)9-5-12-10(6-13)14-9/h1-5,13H,6H2. The first-order valence-corrected chi connectivity index (χ1v) is 4.49. The van der Waals surface area contributed by atoms with Crippen molar-refractivity contribution in [3.8, 4) is 11.3 Å². The van der Waals surface area contributed by atoms with E-state index in [4.69, 9.17) is 21.1 Å². The molecule has 0 radical (unpaired) electrons. The maximum Gasteiger partial charge on any atom is 0.220 e. The van der Waals surface area contributed by atoms with E-state index in [2.05, 4.69) is 4.98 Å². The first-order valence-electron chi connectivity index (χ1n) is 4.11. The zero-order chi connectivity index (χ0) is 9.97. The van der Waals surface area contributed by atoms with Crippen LogP contribution in [0.4, 0.5) is 0 Å². The Balaban J connectivity index is 2.39. The maximum atomic E-state index is 8.77. The van der Waals surface area contributed by atoms with E-state index in [0.29, 0.717) is 16.7 Å². The Morgan fingerprint density at radius 3 is 2.93 bits per heavy atom. The van der Waals surface area contributed by atoms with Gasteiger partial charge in [-0.25, -0.2) is 4.98 Å². The fourth-order valence-electron chi connectivity index (χ4n) is 1.16. The van der Waals surface area contributed by atoms with Gasteiger partial charge in [-0.15, -0.1) is 0 Å². The third-order valence-corrected chi connectivity index (χ3v) is 2.03. The molecule has 0 bridgehead atoms. The number of oxazole rings is 1. The minimum absolute atomic E-state index is 0.194. The summed E-state index contributed by atoms with van der Waals surface area (Å²) in [4.78, 5) is 3.88. The normalized spacial score (nSPS) is 10.4. The van der Waals surface area contributed by atoms with Crippen molar-refractivity contribution >= 4 is 11.6 Å². The van der Waals surface area contributed by atoms with Gasteiger partial charge in [-0.2, -0.15) is 0 Å². The monoisotopic (exact) mass is 209 g/mol.